The number of carbonyl (C=O) groups is 3. The van der Waals surface area contributed by atoms with E-state index >= 15 is 0 Å². The summed E-state index contributed by atoms with van der Waals surface area (Å²) >= 11 is 0. The van der Waals surface area contributed by atoms with Gasteiger partial charge < -0.3 is 19.5 Å². The van der Waals surface area contributed by atoms with E-state index in [0.717, 1.165) is 10.9 Å². The molecule has 0 bridgehead atoms. The van der Waals surface area contributed by atoms with Gasteiger partial charge in [0.05, 0.1) is 18.7 Å². The molecule has 0 unspecified atom stereocenters. The van der Waals surface area contributed by atoms with E-state index in [-0.39, 0.29) is 30.4 Å². The minimum Gasteiger partial charge on any atom is -0.463 e. The molecule has 1 aliphatic rings. The van der Waals surface area contributed by atoms with Crippen LogP contribution in [0.2, 0.25) is 0 Å². The molecule has 1 aliphatic heterocycles. The molecule has 1 N–H and O–H groups in total. The molecule has 2 heterocycles. The van der Waals surface area contributed by atoms with Gasteiger partial charge in [-0.2, -0.15) is 0 Å². The number of likely N-dealkylation sites (N-methyl/N-ethyl adjacent to an activating group) is 2. The molecule has 41 heavy (non-hydrogen) atoms. The fourth-order valence-corrected chi connectivity index (χ4v) is 6.43. The molecule has 0 fully saturated rings. The Morgan fingerprint density at radius 2 is 1.78 bits per heavy atom. The average molecular weight is 567 g/mol. The van der Waals surface area contributed by atoms with Crippen molar-refractivity contribution in [1.82, 2.24) is 19.7 Å². The third kappa shape index (κ3) is 6.22. The van der Waals surface area contributed by atoms with Crippen LogP contribution in [0.5, 0.6) is 0 Å². The lowest BCUT2D eigenvalue weighted by molar-refractivity contribution is -0.142. The molecule has 1 aromatic carbocycles. The summed E-state index contributed by atoms with van der Waals surface area (Å²) in [5.41, 5.74) is 2.93. The maximum absolute atomic E-state index is 14.2. The van der Waals surface area contributed by atoms with Crippen molar-refractivity contribution in [3.8, 4) is 0 Å². The van der Waals surface area contributed by atoms with Crippen molar-refractivity contribution < 1.29 is 19.1 Å². The van der Waals surface area contributed by atoms with Gasteiger partial charge in [-0.25, -0.2) is 4.79 Å². The molecule has 0 saturated heterocycles. The van der Waals surface area contributed by atoms with Gasteiger partial charge >= 0.3 is 5.97 Å². The van der Waals surface area contributed by atoms with Crippen LogP contribution in [0.4, 0.5) is 0 Å². The number of hydrogen-bond acceptors (Lipinski definition) is 5. The van der Waals surface area contributed by atoms with Gasteiger partial charge in [0.15, 0.2) is 0 Å². The number of ether oxygens (including phenoxy) is 1. The van der Waals surface area contributed by atoms with Crippen LogP contribution in [-0.2, 0) is 38.1 Å². The van der Waals surface area contributed by atoms with Crippen LogP contribution < -0.4 is 5.32 Å². The number of fused-ring (bicyclic) bond motifs is 3. The Hall–Kier alpha value is -3.13. The lowest BCUT2D eigenvalue weighted by Crippen LogP contribution is -2.63. The molecule has 0 radical (unpaired) electrons. The van der Waals surface area contributed by atoms with E-state index in [4.69, 9.17) is 4.74 Å². The Morgan fingerprint density at radius 1 is 1.17 bits per heavy atom. The van der Waals surface area contributed by atoms with Gasteiger partial charge in [-0.1, -0.05) is 72.7 Å². The van der Waals surface area contributed by atoms with Crippen molar-refractivity contribution in [1.29, 1.82) is 0 Å². The molecule has 0 aliphatic carbocycles. The first-order valence-electron chi connectivity index (χ1n) is 14.6. The van der Waals surface area contributed by atoms with Crippen molar-refractivity contribution >= 4 is 28.7 Å². The van der Waals surface area contributed by atoms with Crippen LogP contribution >= 0.6 is 0 Å². The second kappa shape index (κ2) is 12.0. The zero-order valence-electron chi connectivity index (χ0n) is 27.1. The molecule has 1 aromatic heterocycles. The van der Waals surface area contributed by atoms with Gasteiger partial charge in [0.1, 0.15) is 6.04 Å². The lowest BCUT2D eigenvalue weighted by Gasteiger charge is -2.45. The number of para-hydroxylation sites is 1. The SMILES string of the molecule is CCOC(=O)/C(C)=C/[C@H](C(C)C)N(C)C(=O)[C@@H](NC(=O)[C@H]1N(C)Cc2c(c3ccccc3n2C)C1(C)C)C(C)(C)C. The first kappa shape index (κ1) is 32.4. The number of aryl methyl sites for hydroxylation is 1. The van der Waals surface area contributed by atoms with E-state index in [0.29, 0.717) is 12.1 Å². The van der Waals surface area contributed by atoms with Gasteiger partial charge in [-0.3, -0.25) is 14.5 Å². The van der Waals surface area contributed by atoms with Crippen molar-refractivity contribution in [2.75, 3.05) is 20.7 Å². The lowest BCUT2D eigenvalue weighted by atomic mass is 9.72. The Labute approximate surface area is 246 Å². The molecule has 226 valence electrons. The quantitative estimate of drug-likeness (QED) is 0.367. The maximum Gasteiger partial charge on any atom is 0.333 e. The number of esters is 1. The molecule has 3 atom stereocenters. The zero-order chi connectivity index (χ0) is 31.0. The number of hydrogen-bond donors (Lipinski definition) is 1. The summed E-state index contributed by atoms with van der Waals surface area (Å²) < 4.78 is 7.38. The number of benzene rings is 1. The highest BCUT2D eigenvalue weighted by Gasteiger charge is 2.48. The van der Waals surface area contributed by atoms with Crippen LogP contribution in [0, 0.1) is 11.3 Å². The molecule has 3 rings (SSSR count). The fourth-order valence-electron chi connectivity index (χ4n) is 6.43. The smallest absolute Gasteiger partial charge is 0.333 e. The van der Waals surface area contributed by atoms with Crippen molar-refractivity contribution in [2.24, 2.45) is 18.4 Å². The summed E-state index contributed by atoms with van der Waals surface area (Å²) in [5, 5.41) is 4.34. The number of amides is 2. The van der Waals surface area contributed by atoms with Gasteiger partial charge in [0.25, 0.3) is 0 Å². The number of nitrogens with zero attached hydrogens (tertiary/aromatic N) is 3. The highest BCUT2D eigenvalue weighted by atomic mass is 16.5. The standard InChI is InChI=1S/C33H50N4O4/c1-13-41-31(40)21(4)18-24(20(2)3)37(12)30(39)27(32(5,6)7)34-29(38)28-33(8,9)26-22-16-14-15-17-23(22)36(11)25(26)19-35(28)10/h14-18,20,24,27-28H,13,19H2,1-12H3,(H,34,38)/b21-18+/t24-,27-,28-/m1/s1. The predicted octanol–water partition coefficient (Wildman–Crippen LogP) is 4.79. The Kier molecular flexibility index (Phi) is 9.48. The molecular formula is C33H50N4O4. The summed E-state index contributed by atoms with van der Waals surface area (Å²) in [7, 11) is 5.80. The summed E-state index contributed by atoms with van der Waals surface area (Å²) in [5.74, 6) is -0.718. The van der Waals surface area contributed by atoms with Crippen LogP contribution in [-0.4, -0.2) is 71.0 Å². The largest absolute Gasteiger partial charge is 0.463 e. The van der Waals surface area contributed by atoms with E-state index < -0.39 is 28.9 Å². The van der Waals surface area contributed by atoms with Crippen molar-refractivity contribution in [2.45, 2.75) is 92.4 Å². The summed E-state index contributed by atoms with van der Waals surface area (Å²) in [6.07, 6.45) is 1.79. The normalized spacial score (nSPS) is 19.0. The van der Waals surface area contributed by atoms with E-state index in [2.05, 4.69) is 47.8 Å². The Bertz CT molecular complexity index is 1330. The molecule has 2 amide bonds. The van der Waals surface area contributed by atoms with Gasteiger partial charge in [0.2, 0.25) is 11.8 Å². The van der Waals surface area contributed by atoms with E-state index in [9.17, 15) is 14.4 Å². The number of nitrogens with one attached hydrogen (secondary N) is 1. The van der Waals surface area contributed by atoms with E-state index in [1.807, 2.05) is 53.8 Å². The molecule has 8 heteroatoms. The summed E-state index contributed by atoms with van der Waals surface area (Å²) in [6, 6.07) is 6.74. The second-order valence-corrected chi connectivity index (χ2v) is 13.5. The highest BCUT2D eigenvalue weighted by Crippen LogP contribution is 2.43. The molecule has 0 saturated carbocycles. The first-order valence-corrected chi connectivity index (χ1v) is 14.6. The molecular weight excluding hydrogens is 516 g/mol. The van der Waals surface area contributed by atoms with Gasteiger partial charge in [0, 0.05) is 48.2 Å². The number of aromatic nitrogens is 1. The van der Waals surface area contributed by atoms with Gasteiger partial charge in [-0.15, -0.1) is 0 Å². The topological polar surface area (TPSA) is 83.9 Å². The van der Waals surface area contributed by atoms with Gasteiger partial charge in [-0.05, 0) is 43.9 Å². The summed E-state index contributed by atoms with van der Waals surface area (Å²) in [6.45, 7) is 18.5. The van der Waals surface area contributed by atoms with Crippen molar-refractivity contribution in [3.05, 3.63) is 47.2 Å². The highest BCUT2D eigenvalue weighted by molar-refractivity contribution is 5.94. The Balaban J connectivity index is 1.96. The maximum atomic E-state index is 14.2. The predicted molar refractivity (Wildman–Crippen MR) is 164 cm³/mol. The second-order valence-electron chi connectivity index (χ2n) is 13.5. The van der Waals surface area contributed by atoms with E-state index in [1.165, 1.54) is 11.3 Å². The zero-order valence-corrected chi connectivity index (χ0v) is 27.1. The molecule has 0 spiro atoms. The molecule has 8 nitrogen and oxygen atoms in total. The van der Waals surface area contributed by atoms with E-state index in [1.54, 1.807) is 31.9 Å². The average Bonchev–Trinajstić information content (AvgIpc) is 3.16. The molecule has 2 aromatic rings. The first-order chi connectivity index (χ1) is 18.9. The third-order valence-corrected chi connectivity index (χ3v) is 8.54. The Morgan fingerprint density at radius 3 is 2.34 bits per heavy atom. The number of rotatable bonds is 8. The van der Waals surface area contributed by atoms with Crippen LogP contribution in [0.25, 0.3) is 10.9 Å². The van der Waals surface area contributed by atoms with Crippen LogP contribution in [0.3, 0.4) is 0 Å². The fraction of sp³-hybridized carbons (Fsp3) is 0.606. The number of carbonyl (C=O) groups excluding carboxylic acids is 3. The van der Waals surface area contributed by atoms with Crippen LogP contribution in [0.1, 0.15) is 73.6 Å². The van der Waals surface area contributed by atoms with Crippen LogP contribution in [0.15, 0.2) is 35.9 Å². The monoisotopic (exact) mass is 566 g/mol. The van der Waals surface area contributed by atoms with Crippen molar-refractivity contribution in [3.63, 3.8) is 0 Å². The summed E-state index contributed by atoms with van der Waals surface area (Å²) in [4.78, 5) is 44.4. The minimum atomic E-state index is -0.768. The minimum absolute atomic E-state index is 0.0397. The third-order valence-electron chi connectivity index (χ3n) is 8.54.